The lowest BCUT2D eigenvalue weighted by Crippen LogP contribution is -2.27. The molecule has 0 aliphatic carbocycles. The normalized spacial score (nSPS) is 11.9. The van der Waals surface area contributed by atoms with E-state index in [-0.39, 0.29) is 11.9 Å². The van der Waals surface area contributed by atoms with Crippen molar-refractivity contribution in [3.63, 3.8) is 0 Å². The van der Waals surface area contributed by atoms with E-state index in [0.717, 1.165) is 11.1 Å². The summed E-state index contributed by atoms with van der Waals surface area (Å²) in [5, 5.41) is 2.95. The number of nitrogens with zero attached hydrogens (tertiary/aromatic N) is 1. The summed E-state index contributed by atoms with van der Waals surface area (Å²) in [4.78, 5) is 16.5. The lowest BCUT2D eigenvalue weighted by atomic mass is 10.1. The minimum Gasteiger partial charge on any atom is -0.443 e. The number of carbonyl (C=O) groups is 1. The maximum Gasteiger partial charge on any atom is 0.274 e. The van der Waals surface area contributed by atoms with E-state index in [0.29, 0.717) is 11.5 Å². The van der Waals surface area contributed by atoms with Crippen LogP contribution in [0.1, 0.15) is 29.0 Å². The van der Waals surface area contributed by atoms with E-state index in [4.69, 9.17) is 4.42 Å². The monoisotopic (exact) mass is 292 g/mol. The second-order valence-corrected chi connectivity index (χ2v) is 5.00. The third-order valence-corrected chi connectivity index (χ3v) is 3.47. The van der Waals surface area contributed by atoms with Gasteiger partial charge in [-0.3, -0.25) is 4.79 Å². The van der Waals surface area contributed by atoms with Crippen molar-refractivity contribution < 1.29 is 9.21 Å². The predicted octanol–water partition coefficient (Wildman–Crippen LogP) is 3.83. The lowest BCUT2D eigenvalue weighted by molar-refractivity contribution is 0.0935. The average molecular weight is 292 g/mol. The van der Waals surface area contributed by atoms with Gasteiger partial charge in [0.1, 0.15) is 0 Å². The maximum atomic E-state index is 12.5. The van der Waals surface area contributed by atoms with Crippen molar-refractivity contribution in [3.8, 4) is 11.3 Å². The SMILES string of the molecule is CC(NC(=O)c1ncoc1-c1ccccc1)c1ccccc1. The van der Waals surface area contributed by atoms with Gasteiger partial charge in [0, 0.05) is 5.56 Å². The quantitative estimate of drug-likeness (QED) is 0.795. The molecule has 0 saturated carbocycles. The molecule has 110 valence electrons. The molecule has 0 saturated heterocycles. The number of benzene rings is 2. The highest BCUT2D eigenvalue weighted by atomic mass is 16.3. The zero-order valence-corrected chi connectivity index (χ0v) is 12.2. The third kappa shape index (κ3) is 2.91. The summed E-state index contributed by atoms with van der Waals surface area (Å²) in [5.41, 5.74) is 2.17. The van der Waals surface area contributed by atoms with Crippen molar-refractivity contribution in [2.24, 2.45) is 0 Å². The molecule has 3 aromatic rings. The lowest BCUT2D eigenvalue weighted by Gasteiger charge is -2.13. The van der Waals surface area contributed by atoms with Crippen LogP contribution in [0.15, 0.2) is 71.5 Å². The second-order valence-electron chi connectivity index (χ2n) is 5.00. The molecule has 22 heavy (non-hydrogen) atoms. The minimum absolute atomic E-state index is 0.103. The molecule has 1 N–H and O–H groups in total. The molecule has 0 radical (unpaired) electrons. The Hall–Kier alpha value is -2.88. The first-order chi connectivity index (χ1) is 10.8. The van der Waals surface area contributed by atoms with Crippen molar-refractivity contribution in [2.75, 3.05) is 0 Å². The summed E-state index contributed by atoms with van der Waals surface area (Å²) in [5.74, 6) is 0.238. The Kier molecular flexibility index (Phi) is 4.01. The first kappa shape index (κ1) is 14.1. The molecule has 1 unspecified atom stereocenters. The Labute approximate surface area is 128 Å². The highest BCUT2D eigenvalue weighted by Crippen LogP contribution is 2.23. The van der Waals surface area contributed by atoms with Crippen molar-refractivity contribution in [1.29, 1.82) is 0 Å². The van der Waals surface area contributed by atoms with Crippen LogP contribution in [0.4, 0.5) is 0 Å². The van der Waals surface area contributed by atoms with E-state index < -0.39 is 0 Å². The maximum absolute atomic E-state index is 12.5. The zero-order chi connectivity index (χ0) is 15.4. The van der Waals surface area contributed by atoms with E-state index in [2.05, 4.69) is 10.3 Å². The second kappa shape index (κ2) is 6.26. The van der Waals surface area contributed by atoms with Gasteiger partial charge in [0.15, 0.2) is 17.8 Å². The van der Waals surface area contributed by atoms with Gasteiger partial charge in [0.25, 0.3) is 5.91 Å². The molecule has 1 heterocycles. The number of carbonyl (C=O) groups excluding carboxylic acids is 1. The largest absolute Gasteiger partial charge is 0.443 e. The van der Waals surface area contributed by atoms with Gasteiger partial charge < -0.3 is 9.73 Å². The Balaban J connectivity index is 1.81. The predicted molar refractivity (Wildman–Crippen MR) is 84.3 cm³/mol. The van der Waals surface area contributed by atoms with Crippen LogP contribution in [0.5, 0.6) is 0 Å². The van der Waals surface area contributed by atoms with E-state index >= 15 is 0 Å². The van der Waals surface area contributed by atoms with E-state index in [9.17, 15) is 4.79 Å². The van der Waals surface area contributed by atoms with Crippen molar-refractivity contribution in [1.82, 2.24) is 10.3 Å². The fourth-order valence-corrected chi connectivity index (χ4v) is 2.29. The van der Waals surface area contributed by atoms with Crippen LogP contribution in [-0.4, -0.2) is 10.9 Å². The fraction of sp³-hybridized carbons (Fsp3) is 0.111. The number of oxazole rings is 1. The van der Waals surface area contributed by atoms with E-state index in [1.807, 2.05) is 67.6 Å². The molecule has 0 aliphatic rings. The molecule has 2 aromatic carbocycles. The van der Waals surface area contributed by atoms with E-state index in [1.165, 1.54) is 6.39 Å². The molecule has 1 atom stereocenters. The van der Waals surface area contributed by atoms with Gasteiger partial charge in [-0.25, -0.2) is 4.98 Å². The van der Waals surface area contributed by atoms with Crippen LogP contribution in [0, 0.1) is 0 Å². The van der Waals surface area contributed by atoms with E-state index in [1.54, 1.807) is 0 Å². The molecule has 0 bridgehead atoms. The number of amides is 1. The van der Waals surface area contributed by atoms with Crippen LogP contribution in [-0.2, 0) is 0 Å². The standard InChI is InChI=1S/C18H16N2O2/c1-13(14-8-4-2-5-9-14)20-18(21)16-17(22-12-19-16)15-10-6-3-7-11-15/h2-13H,1H3,(H,20,21). The first-order valence-electron chi connectivity index (χ1n) is 7.10. The summed E-state index contributed by atoms with van der Waals surface area (Å²) in [6.45, 7) is 1.94. The molecule has 0 aliphatic heterocycles. The van der Waals surface area contributed by atoms with Crippen LogP contribution < -0.4 is 5.32 Å². The molecule has 1 amide bonds. The average Bonchev–Trinajstić information content (AvgIpc) is 3.06. The van der Waals surface area contributed by atoms with Gasteiger partial charge in [-0.2, -0.15) is 0 Å². The zero-order valence-electron chi connectivity index (χ0n) is 12.2. The molecular weight excluding hydrogens is 276 g/mol. The summed E-state index contributed by atoms with van der Waals surface area (Å²) in [7, 11) is 0. The van der Waals surface area contributed by atoms with Gasteiger partial charge in [0.2, 0.25) is 0 Å². The smallest absolute Gasteiger partial charge is 0.274 e. The summed E-state index contributed by atoms with van der Waals surface area (Å²) < 4.78 is 5.39. The van der Waals surface area contributed by atoms with Gasteiger partial charge in [-0.1, -0.05) is 60.7 Å². The highest BCUT2D eigenvalue weighted by molar-refractivity contribution is 5.97. The minimum atomic E-state index is -0.246. The molecule has 4 heteroatoms. The molecule has 4 nitrogen and oxygen atoms in total. The van der Waals surface area contributed by atoms with Crippen LogP contribution in [0.25, 0.3) is 11.3 Å². The molecular formula is C18H16N2O2. The Morgan fingerprint density at radius 1 is 1.05 bits per heavy atom. The third-order valence-electron chi connectivity index (χ3n) is 3.47. The van der Waals surface area contributed by atoms with Crippen molar-refractivity contribution >= 4 is 5.91 Å². The van der Waals surface area contributed by atoms with Crippen LogP contribution >= 0.6 is 0 Å². The number of aromatic nitrogens is 1. The molecule has 3 rings (SSSR count). The number of nitrogens with one attached hydrogen (secondary N) is 1. The molecule has 0 spiro atoms. The number of hydrogen-bond acceptors (Lipinski definition) is 3. The van der Waals surface area contributed by atoms with Gasteiger partial charge in [0.05, 0.1) is 6.04 Å². The van der Waals surface area contributed by atoms with Gasteiger partial charge in [-0.15, -0.1) is 0 Å². The van der Waals surface area contributed by atoms with Crippen LogP contribution in [0.2, 0.25) is 0 Å². The Morgan fingerprint density at radius 3 is 2.36 bits per heavy atom. The molecule has 0 fully saturated rings. The Bertz CT molecular complexity index is 751. The van der Waals surface area contributed by atoms with Crippen LogP contribution in [0.3, 0.4) is 0 Å². The Morgan fingerprint density at radius 2 is 1.68 bits per heavy atom. The topological polar surface area (TPSA) is 55.1 Å². The summed E-state index contributed by atoms with van der Waals surface area (Å²) in [6, 6.07) is 19.2. The first-order valence-corrected chi connectivity index (χ1v) is 7.10. The fourth-order valence-electron chi connectivity index (χ4n) is 2.29. The van der Waals surface area contributed by atoms with Crippen molar-refractivity contribution in [3.05, 3.63) is 78.3 Å². The molecule has 1 aromatic heterocycles. The number of rotatable bonds is 4. The number of hydrogen-bond donors (Lipinski definition) is 1. The highest BCUT2D eigenvalue weighted by Gasteiger charge is 2.19. The summed E-state index contributed by atoms with van der Waals surface area (Å²) in [6.07, 6.45) is 1.30. The van der Waals surface area contributed by atoms with Crippen molar-refractivity contribution in [2.45, 2.75) is 13.0 Å². The van der Waals surface area contributed by atoms with Gasteiger partial charge in [-0.05, 0) is 12.5 Å². The summed E-state index contributed by atoms with van der Waals surface area (Å²) >= 11 is 0. The van der Waals surface area contributed by atoms with Gasteiger partial charge >= 0.3 is 0 Å².